The minimum absolute atomic E-state index is 0. The second-order valence-electron chi connectivity index (χ2n) is 2.15. The zero-order valence-corrected chi connectivity index (χ0v) is 6.19. The van der Waals surface area contributed by atoms with Gasteiger partial charge in [-0.1, -0.05) is 12.1 Å². The van der Waals surface area contributed by atoms with Crippen molar-refractivity contribution < 1.29 is 14.8 Å². The fourth-order valence-corrected chi connectivity index (χ4v) is 0.776. The summed E-state index contributed by atoms with van der Waals surface area (Å²) in [6, 6.07) is 6.55. The summed E-state index contributed by atoms with van der Waals surface area (Å²) in [5.41, 5.74) is 0.464. The van der Waals surface area contributed by atoms with E-state index in [2.05, 4.69) is 0 Å². The molecule has 0 fully saturated rings. The highest BCUT2D eigenvalue weighted by Gasteiger charge is 2.09. The van der Waals surface area contributed by atoms with Gasteiger partial charge in [0.25, 0.3) is 0 Å². The van der Waals surface area contributed by atoms with E-state index >= 15 is 0 Å². The highest BCUT2D eigenvalue weighted by molar-refractivity contribution is 6.58. The predicted molar refractivity (Wildman–Crippen MR) is 52.8 cm³/mol. The molecule has 0 saturated heterocycles. The Morgan fingerprint density at radius 2 is 1.67 bits per heavy atom. The first-order valence-electron chi connectivity index (χ1n) is 3.24. The topological polar surface area (TPSA) is 49.7 Å². The second-order valence-corrected chi connectivity index (χ2v) is 2.15. The van der Waals surface area contributed by atoms with Gasteiger partial charge in [-0.15, -0.1) is 0 Å². The molecule has 3 nitrogen and oxygen atoms in total. The van der Waals surface area contributed by atoms with Crippen molar-refractivity contribution in [2.24, 2.45) is 0 Å². The van der Waals surface area contributed by atoms with Crippen LogP contribution in [0, 0.1) is 0 Å². The lowest BCUT2D eigenvalue weighted by Crippen LogP contribution is -2.29. The van der Waals surface area contributed by atoms with Crippen LogP contribution < -0.4 is 10.2 Å². The number of hydrogen-bond donors (Lipinski definition) is 2. The fourth-order valence-electron chi connectivity index (χ4n) is 0.776. The molecule has 1 aromatic carbocycles. The number of methoxy groups -OCH3 is 1. The van der Waals surface area contributed by atoms with Crippen LogP contribution in [-0.2, 0) is 0 Å². The van der Waals surface area contributed by atoms with Gasteiger partial charge in [0.1, 0.15) is 5.75 Å². The molecule has 0 atom stereocenters. The van der Waals surface area contributed by atoms with Gasteiger partial charge in [0.2, 0.25) is 0 Å². The third-order valence-electron chi connectivity index (χ3n) is 1.41. The van der Waals surface area contributed by atoms with Gasteiger partial charge in [-0.3, -0.25) is 0 Å². The summed E-state index contributed by atoms with van der Waals surface area (Å²) in [7, 11) is 0.158. The maximum atomic E-state index is 8.70. The maximum absolute atomic E-state index is 8.70. The van der Waals surface area contributed by atoms with Crippen molar-refractivity contribution >= 4 is 21.0 Å². The average Bonchev–Trinajstić information content (AvgIpc) is 2.05. The molecule has 0 aliphatic carbocycles. The minimum atomic E-state index is -1.40. The lowest BCUT2D eigenvalue weighted by Gasteiger charge is -2.00. The van der Waals surface area contributed by atoms with E-state index in [0.29, 0.717) is 11.2 Å². The Morgan fingerprint density at radius 1 is 1.17 bits per heavy atom. The number of benzene rings is 1. The Kier molecular flexibility index (Phi) is 4.47. The SMILES string of the molecule is B.COc1ccc(B(O)O)cc1. The summed E-state index contributed by atoms with van der Waals surface area (Å²) >= 11 is 0. The third-order valence-corrected chi connectivity index (χ3v) is 1.41. The molecule has 12 heavy (non-hydrogen) atoms. The van der Waals surface area contributed by atoms with E-state index in [-0.39, 0.29) is 8.41 Å². The largest absolute Gasteiger partial charge is 0.497 e. The number of ether oxygens (including phenoxy) is 1. The Balaban J connectivity index is 0.00000121. The summed E-state index contributed by atoms with van der Waals surface area (Å²) < 4.78 is 4.89. The Hall–Kier alpha value is -0.930. The maximum Gasteiger partial charge on any atom is 0.488 e. The normalized spacial score (nSPS) is 8.58. The highest BCUT2D eigenvalue weighted by atomic mass is 16.5. The van der Waals surface area contributed by atoms with Crippen LogP contribution in [0.25, 0.3) is 0 Å². The van der Waals surface area contributed by atoms with E-state index in [9.17, 15) is 0 Å². The van der Waals surface area contributed by atoms with Gasteiger partial charge in [-0.25, -0.2) is 0 Å². The molecule has 0 radical (unpaired) electrons. The standard InChI is InChI=1S/C7H9BO3.BH3/c1-11-7-4-2-6(3-5-7)8(9)10;/h2-5,9-10H,1H3;1H3. The van der Waals surface area contributed by atoms with Crippen LogP contribution in [0.5, 0.6) is 5.75 Å². The van der Waals surface area contributed by atoms with Gasteiger partial charge >= 0.3 is 7.12 Å². The Labute approximate surface area is 73.7 Å². The molecule has 5 heteroatoms. The zero-order chi connectivity index (χ0) is 8.27. The van der Waals surface area contributed by atoms with E-state index in [4.69, 9.17) is 14.8 Å². The van der Waals surface area contributed by atoms with Crippen LogP contribution in [0.1, 0.15) is 0 Å². The van der Waals surface area contributed by atoms with Crippen molar-refractivity contribution in [3.8, 4) is 5.75 Å². The zero-order valence-electron chi connectivity index (χ0n) is 6.19. The van der Waals surface area contributed by atoms with E-state index in [0.717, 1.165) is 0 Å². The van der Waals surface area contributed by atoms with E-state index in [1.54, 1.807) is 31.4 Å². The van der Waals surface area contributed by atoms with Gasteiger partial charge in [-0.05, 0) is 17.6 Å². The second kappa shape index (κ2) is 4.85. The van der Waals surface area contributed by atoms with Gasteiger partial charge < -0.3 is 14.8 Å². The van der Waals surface area contributed by atoms with Crippen molar-refractivity contribution in [3.05, 3.63) is 24.3 Å². The van der Waals surface area contributed by atoms with E-state index in [1.165, 1.54) is 0 Å². The molecule has 0 aliphatic heterocycles. The molecule has 0 aromatic heterocycles. The van der Waals surface area contributed by atoms with Gasteiger partial charge in [0.05, 0.1) is 15.5 Å². The molecule has 0 unspecified atom stereocenters. The first kappa shape index (κ1) is 11.1. The van der Waals surface area contributed by atoms with Crippen LogP contribution >= 0.6 is 0 Å². The molecular weight excluding hydrogens is 154 g/mol. The van der Waals surface area contributed by atoms with Crippen LogP contribution in [-0.4, -0.2) is 32.7 Å². The van der Waals surface area contributed by atoms with E-state index in [1.807, 2.05) is 0 Å². The first-order chi connectivity index (χ1) is 5.24. The van der Waals surface area contributed by atoms with Gasteiger partial charge in [0.15, 0.2) is 0 Å². The van der Waals surface area contributed by atoms with Crippen molar-refractivity contribution in [2.75, 3.05) is 7.11 Å². The lowest BCUT2D eigenvalue weighted by atomic mass is 9.80. The Bertz CT molecular complexity index is 223. The molecule has 1 rings (SSSR count). The molecule has 2 N–H and O–H groups in total. The average molecular weight is 166 g/mol. The summed E-state index contributed by atoms with van der Waals surface area (Å²) in [4.78, 5) is 0. The minimum Gasteiger partial charge on any atom is -0.497 e. The summed E-state index contributed by atoms with van der Waals surface area (Å²) in [6.07, 6.45) is 0. The van der Waals surface area contributed by atoms with Crippen molar-refractivity contribution in [3.63, 3.8) is 0 Å². The van der Waals surface area contributed by atoms with Gasteiger partial charge in [-0.2, -0.15) is 0 Å². The predicted octanol–water partition coefficient (Wildman–Crippen LogP) is -1.81. The summed E-state index contributed by atoms with van der Waals surface area (Å²) in [5, 5.41) is 17.4. The molecular formula is C7H12B2O3. The molecule has 1 aromatic rings. The summed E-state index contributed by atoms with van der Waals surface area (Å²) in [5.74, 6) is 0.703. The van der Waals surface area contributed by atoms with Crippen LogP contribution in [0.2, 0.25) is 0 Å². The third kappa shape index (κ3) is 2.60. The van der Waals surface area contributed by atoms with E-state index < -0.39 is 7.12 Å². The van der Waals surface area contributed by atoms with Crippen LogP contribution in [0.4, 0.5) is 0 Å². The highest BCUT2D eigenvalue weighted by Crippen LogP contribution is 2.05. The van der Waals surface area contributed by atoms with Crippen molar-refractivity contribution in [2.45, 2.75) is 0 Å². The molecule has 0 bridgehead atoms. The molecule has 0 aliphatic rings. The van der Waals surface area contributed by atoms with Gasteiger partial charge in [0, 0.05) is 0 Å². The van der Waals surface area contributed by atoms with Crippen LogP contribution in [0.3, 0.4) is 0 Å². The quantitative estimate of drug-likeness (QED) is 0.509. The molecule has 0 heterocycles. The number of hydrogen-bond acceptors (Lipinski definition) is 3. The van der Waals surface area contributed by atoms with Crippen molar-refractivity contribution in [1.82, 2.24) is 0 Å². The monoisotopic (exact) mass is 166 g/mol. The first-order valence-corrected chi connectivity index (χ1v) is 3.24. The van der Waals surface area contributed by atoms with Crippen LogP contribution in [0.15, 0.2) is 24.3 Å². The molecule has 0 amide bonds. The molecule has 0 saturated carbocycles. The molecule has 0 spiro atoms. The summed E-state index contributed by atoms with van der Waals surface area (Å²) in [6.45, 7) is 0. The fraction of sp³-hybridized carbons (Fsp3) is 0.143. The number of rotatable bonds is 2. The lowest BCUT2D eigenvalue weighted by molar-refractivity contribution is 0.414. The smallest absolute Gasteiger partial charge is 0.488 e. The van der Waals surface area contributed by atoms with Crippen molar-refractivity contribution in [1.29, 1.82) is 0 Å². The molecule has 64 valence electrons. The Morgan fingerprint density at radius 3 is 2.00 bits per heavy atom.